The maximum Gasteiger partial charge on any atom is 0.387 e. The lowest BCUT2D eigenvalue weighted by molar-refractivity contribution is -0.227. The zero-order valence-corrected chi connectivity index (χ0v) is 21.2. The summed E-state index contributed by atoms with van der Waals surface area (Å²) in [5.41, 5.74) is 1.62. The molecule has 4 nitrogen and oxygen atoms in total. The number of fused-ring (bicyclic) bond motifs is 1. The molecular formula is C29H31F5O4. The number of hydrogen-bond donors (Lipinski definition) is 0. The summed E-state index contributed by atoms with van der Waals surface area (Å²) in [6.45, 7) is 0.493. The van der Waals surface area contributed by atoms with Crippen molar-refractivity contribution >= 4 is 10.8 Å². The number of unbranched alkanes of at least 4 members (excludes halogenated alkanes) is 1. The van der Waals surface area contributed by atoms with Gasteiger partial charge in [0.2, 0.25) is 0 Å². The molecule has 1 heterocycles. The van der Waals surface area contributed by atoms with Crippen molar-refractivity contribution in [2.24, 2.45) is 0 Å². The first kappa shape index (κ1) is 28.3. The highest BCUT2D eigenvalue weighted by Gasteiger charge is 2.22. The molecule has 3 aromatic rings. The van der Waals surface area contributed by atoms with Gasteiger partial charge in [0.1, 0.15) is 11.9 Å². The van der Waals surface area contributed by atoms with E-state index in [0.29, 0.717) is 43.6 Å². The molecule has 0 bridgehead atoms. The first-order valence-electron chi connectivity index (χ1n) is 12.8. The van der Waals surface area contributed by atoms with Gasteiger partial charge in [-0.1, -0.05) is 43.7 Å². The molecule has 0 amide bonds. The van der Waals surface area contributed by atoms with Crippen LogP contribution in [-0.2, 0) is 33.5 Å². The van der Waals surface area contributed by atoms with Crippen LogP contribution in [-0.4, -0.2) is 38.8 Å². The van der Waals surface area contributed by atoms with Crippen molar-refractivity contribution in [1.82, 2.24) is 0 Å². The summed E-state index contributed by atoms with van der Waals surface area (Å²) in [4.78, 5) is 0. The summed E-state index contributed by atoms with van der Waals surface area (Å²) >= 11 is 0. The molecule has 0 radical (unpaired) electrons. The standard InChI is InChI=1S/C29H31F5O4/c1-2-3-12-35-22-16-36-26(37-17-22)11-6-18-5-10-23-21(13-18)9-8-20(27(23)32)7-4-19-14-24(30)28(25(31)15-19)38-29(33)34/h5,8-10,13-15,22,26,29H,2-4,6-7,11-12,16-17H2,1H3. The molecule has 0 atom stereocenters. The number of hydrogen-bond acceptors (Lipinski definition) is 4. The van der Waals surface area contributed by atoms with Crippen LogP contribution < -0.4 is 4.74 Å². The van der Waals surface area contributed by atoms with Crippen LogP contribution in [0.15, 0.2) is 42.5 Å². The molecule has 1 aliphatic heterocycles. The van der Waals surface area contributed by atoms with Gasteiger partial charge in [-0.15, -0.1) is 0 Å². The van der Waals surface area contributed by atoms with E-state index in [0.717, 1.165) is 35.9 Å². The third kappa shape index (κ3) is 7.42. The normalized spacial score (nSPS) is 17.9. The second kappa shape index (κ2) is 13.4. The predicted molar refractivity (Wildman–Crippen MR) is 133 cm³/mol. The van der Waals surface area contributed by atoms with Crippen LogP contribution in [0.25, 0.3) is 10.8 Å². The average molecular weight is 539 g/mol. The van der Waals surface area contributed by atoms with Crippen molar-refractivity contribution in [3.05, 3.63) is 76.6 Å². The Hall–Kier alpha value is -2.75. The Kier molecular flexibility index (Phi) is 9.93. The number of aryl methyl sites for hydroxylation is 3. The molecule has 38 heavy (non-hydrogen) atoms. The zero-order chi connectivity index (χ0) is 27.1. The molecule has 0 saturated carbocycles. The third-order valence-electron chi connectivity index (χ3n) is 6.50. The van der Waals surface area contributed by atoms with Gasteiger partial charge < -0.3 is 18.9 Å². The van der Waals surface area contributed by atoms with Crippen LogP contribution >= 0.6 is 0 Å². The molecule has 0 aromatic heterocycles. The number of rotatable bonds is 12. The lowest BCUT2D eigenvalue weighted by Crippen LogP contribution is -2.37. The second-order valence-corrected chi connectivity index (χ2v) is 9.34. The zero-order valence-electron chi connectivity index (χ0n) is 21.2. The predicted octanol–water partition coefficient (Wildman–Crippen LogP) is 7.13. The van der Waals surface area contributed by atoms with Crippen LogP contribution in [0.2, 0.25) is 0 Å². The summed E-state index contributed by atoms with van der Waals surface area (Å²) in [7, 11) is 0. The fraction of sp³-hybridized carbons (Fsp3) is 0.448. The van der Waals surface area contributed by atoms with Crippen LogP contribution in [0.5, 0.6) is 5.75 Å². The summed E-state index contributed by atoms with van der Waals surface area (Å²) in [5.74, 6) is -3.98. The first-order valence-corrected chi connectivity index (χ1v) is 12.8. The summed E-state index contributed by atoms with van der Waals surface area (Å²) in [5, 5.41) is 1.19. The SMILES string of the molecule is CCCCOC1COC(CCc2ccc3c(F)c(CCc4cc(F)c(OC(F)F)c(F)c4)ccc3c2)OC1. The van der Waals surface area contributed by atoms with Gasteiger partial charge in [-0.05, 0) is 59.9 Å². The van der Waals surface area contributed by atoms with E-state index in [2.05, 4.69) is 11.7 Å². The molecule has 1 aliphatic rings. The molecule has 0 aliphatic carbocycles. The molecule has 1 saturated heterocycles. The van der Waals surface area contributed by atoms with Crippen molar-refractivity contribution in [2.45, 2.75) is 64.5 Å². The number of ether oxygens (including phenoxy) is 4. The molecule has 4 rings (SSSR count). The van der Waals surface area contributed by atoms with Gasteiger partial charge in [0.05, 0.1) is 13.2 Å². The van der Waals surface area contributed by atoms with E-state index in [-0.39, 0.29) is 30.8 Å². The quantitative estimate of drug-likeness (QED) is 0.182. The summed E-state index contributed by atoms with van der Waals surface area (Å²) < 4.78 is 89.0. The Labute approximate surface area is 218 Å². The molecular weight excluding hydrogens is 507 g/mol. The van der Waals surface area contributed by atoms with Crippen LogP contribution in [0.4, 0.5) is 22.0 Å². The molecule has 9 heteroatoms. The van der Waals surface area contributed by atoms with E-state index in [1.807, 2.05) is 18.2 Å². The maximum absolute atomic E-state index is 15.2. The Balaban J connectivity index is 1.33. The van der Waals surface area contributed by atoms with Gasteiger partial charge in [0, 0.05) is 18.4 Å². The summed E-state index contributed by atoms with van der Waals surface area (Å²) in [6.07, 6.45) is 3.42. The highest BCUT2D eigenvalue weighted by Crippen LogP contribution is 2.28. The van der Waals surface area contributed by atoms with Gasteiger partial charge in [0.15, 0.2) is 23.7 Å². The fourth-order valence-corrected chi connectivity index (χ4v) is 4.44. The highest BCUT2D eigenvalue weighted by molar-refractivity contribution is 5.84. The van der Waals surface area contributed by atoms with Crippen molar-refractivity contribution in [3.63, 3.8) is 0 Å². The number of alkyl halides is 2. The number of halogens is 5. The van der Waals surface area contributed by atoms with Gasteiger partial charge in [-0.3, -0.25) is 0 Å². The van der Waals surface area contributed by atoms with Crippen molar-refractivity contribution in [3.8, 4) is 5.75 Å². The number of benzene rings is 3. The van der Waals surface area contributed by atoms with Gasteiger partial charge in [0.25, 0.3) is 0 Å². The van der Waals surface area contributed by atoms with Gasteiger partial charge >= 0.3 is 6.61 Å². The lowest BCUT2D eigenvalue weighted by atomic mass is 9.98. The Morgan fingerprint density at radius 1 is 0.895 bits per heavy atom. The van der Waals surface area contributed by atoms with Crippen LogP contribution in [0, 0.1) is 17.5 Å². The molecule has 3 aromatic carbocycles. The minimum atomic E-state index is -3.34. The van der Waals surface area contributed by atoms with Crippen molar-refractivity contribution in [1.29, 1.82) is 0 Å². The maximum atomic E-state index is 15.2. The van der Waals surface area contributed by atoms with E-state index < -0.39 is 29.8 Å². The molecule has 1 fully saturated rings. The fourth-order valence-electron chi connectivity index (χ4n) is 4.44. The van der Waals surface area contributed by atoms with E-state index in [9.17, 15) is 17.6 Å². The van der Waals surface area contributed by atoms with Gasteiger partial charge in [-0.2, -0.15) is 8.78 Å². The average Bonchev–Trinajstić information content (AvgIpc) is 2.90. The Morgan fingerprint density at radius 2 is 1.63 bits per heavy atom. The van der Waals surface area contributed by atoms with Crippen LogP contribution in [0.1, 0.15) is 42.9 Å². The van der Waals surface area contributed by atoms with E-state index >= 15 is 4.39 Å². The smallest absolute Gasteiger partial charge is 0.387 e. The molecule has 206 valence electrons. The topological polar surface area (TPSA) is 36.9 Å². The van der Waals surface area contributed by atoms with E-state index in [1.165, 1.54) is 0 Å². The highest BCUT2D eigenvalue weighted by atomic mass is 19.3. The molecule has 0 spiro atoms. The monoisotopic (exact) mass is 538 g/mol. The van der Waals surface area contributed by atoms with E-state index in [4.69, 9.17) is 14.2 Å². The van der Waals surface area contributed by atoms with Crippen molar-refractivity contribution < 1.29 is 40.9 Å². The minimum Gasteiger partial charge on any atom is -0.429 e. The summed E-state index contributed by atoms with van der Waals surface area (Å²) in [6, 6.07) is 10.8. The Morgan fingerprint density at radius 3 is 2.32 bits per heavy atom. The largest absolute Gasteiger partial charge is 0.429 e. The minimum absolute atomic E-state index is 0.0347. The first-order chi connectivity index (χ1) is 18.3. The Bertz CT molecular complexity index is 1190. The van der Waals surface area contributed by atoms with Crippen LogP contribution in [0.3, 0.4) is 0 Å². The van der Waals surface area contributed by atoms with E-state index in [1.54, 1.807) is 12.1 Å². The molecule has 0 N–H and O–H groups in total. The third-order valence-corrected chi connectivity index (χ3v) is 6.50. The second-order valence-electron chi connectivity index (χ2n) is 9.34. The van der Waals surface area contributed by atoms with Gasteiger partial charge in [-0.25, -0.2) is 13.2 Å². The molecule has 0 unspecified atom stereocenters. The van der Waals surface area contributed by atoms with Crippen molar-refractivity contribution in [2.75, 3.05) is 19.8 Å². The lowest BCUT2D eigenvalue weighted by Gasteiger charge is -2.29.